The van der Waals surface area contributed by atoms with Crippen LogP contribution in [-0.2, 0) is 13.6 Å². The standard InChI is InChI=1S/C20H30N6.HI/c1-21-20(25(2)14-19-23-15-24-26(19)3)22-13-16-9-11-18(12-10-16)17-7-5-4-6-8-17;/h4-8,15-16,18H,9-14H2,1-3H3,(H,21,22);1H. The number of hydrogen-bond donors (Lipinski definition) is 1. The van der Waals surface area contributed by atoms with Gasteiger partial charge in [-0.15, -0.1) is 24.0 Å². The Morgan fingerprint density at radius 3 is 2.52 bits per heavy atom. The van der Waals surface area contributed by atoms with Crippen molar-refractivity contribution in [2.45, 2.75) is 38.1 Å². The lowest BCUT2D eigenvalue weighted by molar-refractivity contribution is 0.320. The van der Waals surface area contributed by atoms with E-state index in [1.165, 1.54) is 31.2 Å². The Hall–Kier alpha value is -1.64. The van der Waals surface area contributed by atoms with Gasteiger partial charge in [-0.2, -0.15) is 5.10 Å². The number of nitrogens with zero attached hydrogens (tertiary/aromatic N) is 5. The minimum atomic E-state index is 0. The molecule has 0 spiro atoms. The van der Waals surface area contributed by atoms with E-state index < -0.39 is 0 Å². The average Bonchev–Trinajstić information content (AvgIpc) is 3.08. The van der Waals surface area contributed by atoms with E-state index >= 15 is 0 Å². The molecule has 0 bridgehead atoms. The Bertz CT molecular complexity index is 706. The van der Waals surface area contributed by atoms with Crippen molar-refractivity contribution in [3.8, 4) is 0 Å². The molecular weight excluding hydrogens is 451 g/mol. The van der Waals surface area contributed by atoms with Crippen LogP contribution < -0.4 is 5.32 Å². The molecule has 148 valence electrons. The van der Waals surface area contributed by atoms with Gasteiger partial charge in [0.05, 0.1) is 6.54 Å². The van der Waals surface area contributed by atoms with Gasteiger partial charge in [-0.25, -0.2) is 4.98 Å². The molecule has 1 aliphatic rings. The third kappa shape index (κ3) is 5.92. The van der Waals surface area contributed by atoms with Crippen molar-refractivity contribution in [1.82, 2.24) is 25.0 Å². The number of aryl methyl sites for hydroxylation is 1. The van der Waals surface area contributed by atoms with Gasteiger partial charge in [0.25, 0.3) is 0 Å². The fraction of sp³-hybridized carbons (Fsp3) is 0.550. The summed E-state index contributed by atoms with van der Waals surface area (Å²) >= 11 is 0. The number of rotatable bonds is 5. The zero-order chi connectivity index (χ0) is 18.4. The maximum Gasteiger partial charge on any atom is 0.193 e. The molecule has 3 rings (SSSR count). The van der Waals surface area contributed by atoms with Crippen molar-refractivity contribution in [2.75, 3.05) is 20.6 Å². The largest absolute Gasteiger partial charge is 0.356 e. The third-order valence-corrected chi connectivity index (χ3v) is 5.42. The summed E-state index contributed by atoms with van der Waals surface area (Å²) in [7, 11) is 5.79. The molecule has 1 heterocycles. The summed E-state index contributed by atoms with van der Waals surface area (Å²) in [5, 5.41) is 7.67. The highest BCUT2D eigenvalue weighted by atomic mass is 127. The molecule has 27 heavy (non-hydrogen) atoms. The molecule has 0 amide bonds. The van der Waals surface area contributed by atoms with Crippen LogP contribution in [0.15, 0.2) is 41.7 Å². The monoisotopic (exact) mass is 482 g/mol. The van der Waals surface area contributed by atoms with Crippen LogP contribution in [0.5, 0.6) is 0 Å². The highest BCUT2D eigenvalue weighted by molar-refractivity contribution is 14.0. The first-order chi connectivity index (χ1) is 12.7. The molecule has 0 unspecified atom stereocenters. The lowest BCUT2D eigenvalue weighted by Crippen LogP contribution is -2.41. The Morgan fingerprint density at radius 2 is 1.93 bits per heavy atom. The number of guanidine groups is 1. The molecule has 2 aromatic rings. The van der Waals surface area contributed by atoms with E-state index in [4.69, 9.17) is 0 Å². The van der Waals surface area contributed by atoms with Gasteiger partial charge in [-0.05, 0) is 43.1 Å². The van der Waals surface area contributed by atoms with Crippen molar-refractivity contribution in [1.29, 1.82) is 0 Å². The zero-order valence-corrected chi connectivity index (χ0v) is 18.8. The van der Waals surface area contributed by atoms with Gasteiger partial charge in [0.15, 0.2) is 5.96 Å². The molecular formula is C20H31IN6. The Labute approximate surface area is 179 Å². The highest BCUT2D eigenvalue weighted by Gasteiger charge is 2.22. The fourth-order valence-electron chi connectivity index (χ4n) is 3.80. The predicted octanol–water partition coefficient (Wildman–Crippen LogP) is 3.41. The van der Waals surface area contributed by atoms with Gasteiger partial charge in [0.1, 0.15) is 12.2 Å². The summed E-state index contributed by atoms with van der Waals surface area (Å²) in [4.78, 5) is 10.8. The normalized spacial score (nSPS) is 20.0. The Balaban J connectivity index is 0.00000261. The van der Waals surface area contributed by atoms with Crippen LogP contribution >= 0.6 is 24.0 Å². The summed E-state index contributed by atoms with van der Waals surface area (Å²) in [6.07, 6.45) is 6.70. The lowest BCUT2D eigenvalue weighted by atomic mass is 9.79. The van der Waals surface area contributed by atoms with Crippen molar-refractivity contribution < 1.29 is 0 Å². The highest BCUT2D eigenvalue weighted by Crippen LogP contribution is 2.35. The zero-order valence-electron chi connectivity index (χ0n) is 16.5. The van der Waals surface area contributed by atoms with Gasteiger partial charge in [-0.1, -0.05) is 30.3 Å². The first-order valence-corrected chi connectivity index (χ1v) is 9.47. The molecule has 1 aromatic carbocycles. The first kappa shape index (κ1) is 21.7. The molecule has 0 radical (unpaired) electrons. The number of hydrogen-bond acceptors (Lipinski definition) is 3. The summed E-state index contributed by atoms with van der Waals surface area (Å²) in [5.74, 6) is 3.29. The van der Waals surface area contributed by atoms with Crippen LogP contribution in [0.1, 0.15) is 43.0 Å². The van der Waals surface area contributed by atoms with Gasteiger partial charge in [-0.3, -0.25) is 9.67 Å². The number of aliphatic imine (C=N–C) groups is 1. The van der Waals surface area contributed by atoms with Crippen molar-refractivity contribution >= 4 is 29.9 Å². The van der Waals surface area contributed by atoms with Crippen molar-refractivity contribution in [3.05, 3.63) is 48.0 Å². The maximum atomic E-state index is 4.42. The Morgan fingerprint density at radius 1 is 1.22 bits per heavy atom. The van der Waals surface area contributed by atoms with E-state index in [2.05, 4.69) is 55.6 Å². The fourth-order valence-corrected chi connectivity index (χ4v) is 3.80. The molecule has 0 saturated heterocycles. The van der Waals surface area contributed by atoms with Gasteiger partial charge in [0.2, 0.25) is 0 Å². The molecule has 7 heteroatoms. The summed E-state index contributed by atoms with van der Waals surface area (Å²) in [6.45, 7) is 1.67. The second kappa shape index (κ2) is 10.6. The lowest BCUT2D eigenvalue weighted by Gasteiger charge is -2.30. The van der Waals surface area contributed by atoms with Crippen LogP contribution in [0.25, 0.3) is 0 Å². The van der Waals surface area contributed by atoms with Gasteiger partial charge >= 0.3 is 0 Å². The molecule has 6 nitrogen and oxygen atoms in total. The SMILES string of the molecule is CN=C(NCC1CCC(c2ccccc2)CC1)N(C)Cc1ncnn1C.I. The van der Waals surface area contributed by atoms with Gasteiger partial charge in [0, 0.05) is 27.7 Å². The minimum absolute atomic E-state index is 0. The second-order valence-corrected chi connectivity index (χ2v) is 7.21. The molecule has 1 saturated carbocycles. The van der Waals surface area contributed by atoms with E-state index in [1.54, 1.807) is 11.0 Å². The molecule has 1 N–H and O–H groups in total. The average molecular weight is 482 g/mol. The van der Waals surface area contributed by atoms with Crippen LogP contribution in [0, 0.1) is 5.92 Å². The van der Waals surface area contributed by atoms with Crippen molar-refractivity contribution in [3.63, 3.8) is 0 Å². The van der Waals surface area contributed by atoms with Crippen LogP contribution in [-0.4, -0.2) is 46.3 Å². The van der Waals surface area contributed by atoms with Crippen LogP contribution in [0.4, 0.5) is 0 Å². The smallest absolute Gasteiger partial charge is 0.193 e. The molecule has 0 atom stereocenters. The number of halogens is 1. The summed E-state index contributed by atoms with van der Waals surface area (Å²) in [6, 6.07) is 10.9. The number of benzene rings is 1. The molecule has 0 aliphatic heterocycles. The molecule has 1 aliphatic carbocycles. The second-order valence-electron chi connectivity index (χ2n) is 7.21. The first-order valence-electron chi connectivity index (χ1n) is 9.47. The van der Waals surface area contributed by atoms with Gasteiger partial charge < -0.3 is 10.2 Å². The Kier molecular flexibility index (Phi) is 8.53. The minimum Gasteiger partial charge on any atom is -0.356 e. The predicted molar refractivity (Wildman–Crippen MR) is 120 cm³/mol. The van der Waals surface area contributed by atoms with Crippen molar-refractivity contribution in [2.24, 2.45) is 18.0 Å². The molecule has 1 fully saturated rings. The quantitative estimate of drug-likeness (QED) is 0.403. The summed E-state index contributed by atoms with van der Waals surface area (Å²) < 4.78 is 1.80. The maximum absolute atomic E-state index is 4.42. The topological polar surface area (TPSA) is 58.3 Å². The number of aromatic nitrogens is 3. The summed E-state index contributed by atoms with van der Waals surface area (Å²) in [5.41, 5.74) is 1.50. The van der Waals surface area contributed by atoms with E-state index in [0.717, 1.165) is 30.2 Å². The van der Waals surface area contributed by atoms with E-state index in [0.29, 0.717) is 6.54 Å². The van der Waals surface area contributed by atoms with Crippen LogP contribution in [0.2, 0.25) is 0 Å². The van der Waals surface area contributed by atoms with E-state index in [-0.39, 0.29) is 24.0 Å². The number of nitrogens with one attached hydrogen (secondary N) is 1. The van der Waals surface area contributed by atoms with E-state index in [1.807, 2.05) is 21.1 Å². The molecule has 1 aromatic heterocycles. The van der Waals surface area contributed by atoms with Crippen LogP contribution in [0.3, 0.4) is 0 Å². The van der Waals surface area contributed by atoms with E-state index in [9.17, 15) is 0 Å². The third-order valence-electron chi connectivity index (χ3n) is 5.42.